The fourth-order valence-corrected chi connectivity index (χ4v) is 5.72. The van der Waals surface area contributed by atoms with Gasteiger partial charge in [0.2, 0.25) is 6.23 Å². The van der Waals surface area contributed by atoms with Crippen LogP contribution >= 0.6 is 11.6 Å². The summed E-state index contributed by atoms with van der Waals surface area (Å²) in [5.41, 5.74) is 1.91. The molecular formula is C23H24ClNO7. The Morgan fingerprint density at radius 1 is 1.00 bits per heavy atom. The van der Waals surface area contributed by atoms with Crippen LogP contribution in [0.4, 0.5) is 0 Å². The third kappa shape index (κ3) is 3.30. The number of carboxylic acids is 1. The Labute approximate surface area is 189 Å². The number of benzene rings is 2. The van der Waals surface area contributed by atoms with Crippen molar-refractivity contribution >= 4 is 17.6 Å². The Kier molecular flexibility index (Phi) is 5.20. The van der Waals surface area contributed by atoms with Gasteiger partial charge < -0.3 is 34.7 Å². The van der Waals surface area contributed by atoms with Gasteiger partial charge in [-0.2, -0.15) is 0 Å². The summed E-state index contributed by atoms with van der Waals surface area (Å²) in [4.78, 5) is 11.5. The smallest absolute Gasteiger partial charge is 0.223 e. The second-order valence-electron chi connectivity index (χ2n) is 9.12. The first-order valence-corrected chi connectivity index (χ1v) is 10.9. The molecule has 8 atom stereocenters. The number of aliphatic carboxylic acids is 1. The van der Waals surface area contributed by atoms with Crippen molar-refractivity contribution in [3.8, 4) is 11.5 Å². The highest BCUT2D eigenvalue weighted by Gasteiger charge is 2.57. The summed E-state index contributed by atoms with van der Waals surface area (Å²) in [7, 11) is 1.85. The molecule has 9 heteroatoms. The number of carbonyl (C=O) groups excluding carboxylic acids is 1. The van der Waals surface area contributed by atoms with Gasteiger partial charge in [-0.3, -0.25) is 4.48 Å². The van der Waals surface area contributed by atoms with E-state index in [9.17, 15) is 25.2 Å². The largest absolute Gasteiger partial charge is 0.547 e. The highest BCUT2D eigenvalue weighted by atomic mass is 35.5. The summed E-state index contributed by atoms with van der Waals surface area (Å²) >= 11 is 6.31. The molecule has 0 amide bonds. The number of likely N-dealkylation sites (N-methyl/N-ethyl adjacent to an activating group) is 1. The molecule has 32 heavy (non-hydrogen) atoms. The maximum atomic E-state index is 11.5. The number of rotatable bonds is 2. The van der Waals surface area contributed by atoms with Crippen LogP contribution < -0.4 is 9.84 Å². The second-order valence-corrected chi connectivity index (χ2v) is 9.55. The Bertz CT molecular complexity index is 1060. The van der Waals surface area contributed by atoms with Crippen molar-refractivity contribution in [3.63, 3.8) is 0 Å². The number of hydrogen-bond acceptors (Lipinski definition) is 7. The Morgan fingerprint density at radius 2 is 1.66 bits per heavy atom. The third-order valence-corrected chi connectivity index (χ3v) is 7.29. The van der Waals surface area contributed by atoms with E-state index in [-0.39, 0.29) is 16.3 Å². The summed E-state index contributed by atoms with van der Waals surface area (Å²) in [6.07, 6.45) is -7.73. The van der Waals surface area contributed by atoms with Gasteiger partial charge in [0.15, 0.2) is 6.10 Å². The molecule has 3 heterocycles. The molecule has 170 valence electrons. The molecule has 0 aromatic heterocycles. The van der Waals surface area contributed by atoms with Crippen LogP contribution in [0.25, 0.3) is 0 Å². The van der Waals surface area contributed by atoms with E-state index < -0.39 is 36.6 Å². The van der Waals surface area contributed by atoms with Crippen molar-refractivity contribution in [2.24, 2.45) is 0 Å². The summed E-state index contributed by atoms with van der Waals surface area (Å²) < 4.78 is 12.0. The minimum atomic E-state index is -1.78. The fraction of sp³-hybridized carbons (Fsp3) is 0.435. The van der Waals surface area contributed by atoms with E-state index >= 15 is 0 Å². The van der Waals surface area contributed by atoms with Crippen molar-refractivity contribution in [2.75, 3.05) is 20.1 Å². The summed E-state index contributed by atoms with van der Waals surface area (Å²) in [5.74, 6) is -0.304. The number of aliphatic hydroxyl groups excluding tert-OH is 3. The molecule has 1 unspecified atom stereocenters. The van der Waals surface area contributed by atoms with Gasteiger partial charge in [-0.15, -0.1) is 0 Å². The number of halogens is 1. The highest BCUT2D eigenvalue weighted by Crippen LogP contribution is 2.53. The van der Waals surface area contributed by atoms with E-state index in [4.69, 9.17) is 21.1 Å². The van der Waals surface area contributed by atoms with Crippen LogP contribution in [0.5, 0.6) is 11.5 Å². The summed E-state index contributed by atoms with van der Waals surface area (Å²) in [6, 6.07) is 13.2. The van der Waals surface area contributed by atoms with E-state index in [2.05, 4.69) is 0 Å². The van der Waals surface area contributed by atoms with Gasteiger partial charge >= 0.3 is 0 Å². The standard InChI is InChI=1S/C23H24ClNO7/c1-25(22-20(28)18(26)19(27)21(32-22)23(29)30)9-14-12-4-2-3-5-16(12)31-17-7-6-11(24)8-13(17)15(14)10-25/h2-8,14-15,18-22,26-28H,9-10H2,1H3/t14-,15-,18-,19-,20+,21-,22+,25?/m0/s1. The normalized spacial score (nSPS) is 38.1. The monoisotopic (exact) mass is 461 g/mol. The van der Waals surface area contributed by atoms with Crippen LogP contribution in [0.1, 0.15) is 23.0 Å². The molecule has 0 spiro atoms. The zero-order valence-electron chi connectivity index (χ0n) is 17.3. The zero-order valence-corrected chi connectivity index (χ0v) is 18.1. The van der Waals surface area contributed by atoms with Gasteiger partial charge in [0.05, 0.1) is 26.1 Å². The molecule has 0 saturated carbocycles. The van der Waals surface area contributed by atoms with Crippen molar-refractivity contribution in [2.45, 2.75) is 42.5 Å². The second kappa shape index (κ2) is 7.69. The predicted molar refractivity (Wildman–Crippen MR) is 111 cm³/mol. The lowest BCUT2D eigenvalue weighted by atomic mass is 9.84. The Morgan fingerprint density at radius 3 is 2.38 bits per heavy atom. The SMILES string of the molecule is C[N+]1([C@@H]2O[C@H](C(=O)[O-])[C@@H](O)[C@H](O)[C@H]2O)C[C@H]2c3ccccc3Oc3ccc(Cl)cc3[C@@H]2C1. The maximum Gasteiger partial charge on any atom is 0.223 e. The lowest BCUT2D eigenvalue weighted by Gasteiger charge is -2.47. The van der Waals surface area contributed by atoms with E-state index in [1.165, 1.54) is 0 Å². The lowest BCUT2D eigenvalue weighted by Crippen LogP contribution is -2.69. The van der Waals surface area contributed by atoms with E-state index in [1.807, 2.05) is 43.4 Å². The molecule has 2 aromatic carbocycles. The number of para-hydroxylation sites is 1. The number of fused-ring (bicyclic) bond motifs is 5. The molecule has 2 saturated heterocycles. The number of aliphatic hydroxyl groups is 3. The van der Waals surface area contributed by atoms with Crippen molar-refractivity contribution < 1.29 is 39.2 Å². The van der Waals surface area contributed by atoms with Crippen LogP contribution in [0, 0.1) is 0 Å². The number of nitrogens with zero attached hydrogens (tertiary/aromatic N) is 1. The molecular weight excluding hydrogens is 438 g/mol. The van der Waals surface area contributed by atoms with Crippen LogP contribution in [-0.4, -0.2) is 76.6 Å². The fourth-order valence-electron chi connectivity index (χ4n) is 5.54. The third-order valence-electron chi connectivity index (χ3n) is 7.06. The molecule has 5 rings (SSSR count). The van der Waals surface area contributed by atoms with E-state index in [0.29, 0.717) is 23.9 Å². The quantitative estimate of drug-likeness (QED) is 0.551. The molecule has 0 aliphatic carbocycles. The van der Waals surface area contributed by atoms with Crippen molar-refractivity contribution in [1.82, 2.24) is 0 Å². The van der Waals surface area contributed by atoms with Gasteiger partial charge in [0, 0.05) is 28.0 Å². The number of carbonyl (C=O) groups is 1. The molecule has 8 nitrogen and oxygen atoms in total. The topological polar surface area (TPSA) is 119 Å². The Hall–Kier alpha value is -2.20. The van der Waals surface area contributed by atoms with Crippen LogP contribution in [-0.2, 0) is 9.53 Å². The van der Waals surface area contributed by atoms with Gasteiger partial charge in [-0.25, -0.2) is 0 Å². The summed E-state index contributed by atoms with van der Waals surface area (Å²) in [5, 5.41) is 43.2. The minimum Gasteiger partial charge on any atom is -0.547 e. The average molecular weight is 462 g/mol. The Balaban J connectivity index is 1.58. The van der Waals surface area contributed by atoms with Crippen LogP contribution in [0.15, 0.2) is 42.5 Å². The predicted octanol–water partition coefficient (Wildman–Crippen LogP) is 0.331. The van der Waals surface area contributed by atoms with Gasteiger partial charge in [-0.1, -0.05) is 29.8 Å². The number of quaternary nitrogens is 1. The first-order chi connectivity index (χ1) is 15.2. The highest BCUT2D eigenvalue weighted by molar-refractivity contribution is 6.30. The van der Waals surface area contributed by atoms with E-state index in [0.717, 1.165) is 16.9 Å². The first-order valence-electron chi connectivity index (χ1n) is 10.5. The number of likely N-dealkylation sites (tertiary alicyclic amines) is 1. The van der Waals surface area contributed by atoms with Gasteiger partial charge in [0.1, 0.15) is 29.8 Å². The molecule has 2 aromatic rings. The molecule has 3 aliphatic rings. The van der Waals surface area contributed by atoms with E-state index in [1.54, 1.807) is 6.07 Å². The maximum absolute atomic E-state index is 11.5. The van der Waals surface area contributed by atoms with Gasteiger partial charge in [0.25, 0.3) is 0 Å². The first kappa shape index (κ1) is 21.6. The van der Waals surface area contributed by atoms with Crippen molar-refractivity contribution in [3.05, 3.63) is 58.6 Å². The molecule has 0 bridgehead atoms. The molecule has 0 radical (unpaired) electrons. The number of carboxylic acid groups (broad SMARTS) is 1. The number of hydrogen-bond donors (Lipinski definition) is 3. The number of ether oxygens (including phenoxy) is 2. The lowest BCUT2D eigenvalue weighted by molar-refractivity contribution is -0.952. The van der Waals surface area contributed by atoms with Gasteiger partial charge in [-0.05, 0) is 24.3 Å². The molecule has 3 N–H and O–H groups in total. The summed E-state index contributed by atoms with van der Waals surface area (Å²) in [6.45, 7) is 0.960. The minimum absolute atomic E-state index is 0.0305. The zero-order chi connectivity index (χ0) is 22.8. The average Bonchev–Trinajstić information content (AvgIpc) is 3.06. The molecule has 3 aliphatic heterocycles. The van der Waals surface area contributed by atoms with Crippen LogP contribution in [0.3, 0.4) is 0 Å². The van der Waals surface area contributed by atoms with Crippen LogP contribution in [0.2, 0.25) is 5.02 Å². The van der Waals surface area contributed by atoms with Crippen molar-refractivity contribution in [1.29, 1.82) is 0 Å². The molecule has 2 fully saturated rings.